The molecule has 1 heterocycles. The van der Waals surface area contributed by atoms with E-state index in [1.54, 1.807) is 50.3 Å². The second-order valence-electron chi connectivity index (χ2n) is 7.06. The van der Waals surface area contributed by atoms with Crippen molar-refractivity contribution in [2.45, 2.75) is 19.4 Å². The Morgan fingerprint density at radius 2 is 1.96 bits per heavy atom. The van der Waals surface area contributed by atoms with Gasteiger partial charge in [0.05, 0.1) is 34.9 Å². The van der Waals surface area contributed by atoms with Crippen LogP contribution in [0, 0.1) is 5.82 Å². The summed E-state index contributed by atoms with van der Waals surface area (Å²) >= 11 is 0. The molecule has 0 radical (unpaired) electrons. The third kappa shape index (κ3) is 4.37. The average molecular weight is 383 g/mol. The summed E-state index contributed by atoms with van der Waals surface area (Å²) in [7, 11) is 1.49. The van der Waals surface area contributed by atoms with Crippen LogP contribution in [-0.4, -0.2) is 40.5 Å². The largest absolute Gasteiger partial charge is 0.495 e. The van der Waals surface area contributed by atoms with Crippen LogP contribution in [0.1, 0.15) is 35.5 Å². The van der Waals surface area contributed by atoms with Gasteiger partial charge in [0.15, 0.2) is 0 Å². The highest BCUT2D eigenvalue weighted by atomic mass is 19.1. The predicted octanol–water partition coefficient (Wildman–Crippen LogP) is 3.38. The maximum absolute atomic E-state index is 13.1. The average Bonchev–Trinajstić information content (AvgIpc) is 3.07. The van der Waals surface area contributed by atoms with Gasteiger partial charge in [-0.15, -0.1) is 0 Å². The lowest BCUT2D eigenvalue weighted by Crippen LogP contribution is -2.38. The van der Waals surface area contributed by atoms with Crippen molar-refractivity contribution in [1.29, 1.82) is 0 Å². The Balaban J connectivity index is 1.97. The van der Waals surface area contributed by atoms with Crippen LogP contribution in [0.25, 0.3) is 23.1 Å². The number of hydrogen-bond acceptors (Lipinski definition) is 4. The van der Waals surface area contributed by atoms with Crippen LogP contribution < -0.4 is 10.1 Å². The van der Waals surface area contributed by atoms with E-state index in [-0.39, 0.29) is 18.3 Å². The van der Waals surface area contributed by atoms with Crippen LogP contribution >= 0.6 is 0 Å². The zero-order valence-electron chi connectivity index (χ0n) is 15.9. The SMILES string of the molecule is COc1c(C(=O)NCC(C)(C)O)ccc2[nH]nc(/C=C/c3ccc(F)cc3)c12. The Bertz CT molecular complexity index is 1020. The number of aromatic amines is 1. The number of amides is 1. The number of fused-ring (bicyclic) bond motifs is 1. The first kappa shape index (κ1) is 19.6. The molecule has 7 heteroatoms. The number of halogens is 1. The van der Waals surface area contributed by atoms with Gasteiger partial charge in [-0.3, -0.25) is 9.89 Å². The summed E-state index contributed by atoms with van der Waals surface area (Å²) in [5.41, 5.74) is 1.45. The highest BCUT2D eigenvalue weighted by molar-refractivity contribution is 6.05. The second kappa shape index (κ2) is 7.82. The number of aliphatic hydroxyl groups is 1. The Labute approximate surface area is 162 Å². The topological polar surface area (TPSA) is 87.2 Å². The van der Waals surface area contributed by atoms with Crippen molar-refractivity contribution in [1.82, 2.24) is 15.5 Å². The molecule has 1 aromatic heterocycles. The van der Waals surface area contributed by atoms with Gasteiger partial charge in [0.2, 0.25) is 0 Å². The first-order valence-corrected chi connectivity index (χ1v) is 8.78. The van der Waals surface area contributed by atoms with E-state index in [0.29, 0.717) is 22.4 Å². The molecule has 0 aliphatic carbocycles. The molecule has 0 saturated carbocycles. The fraction of sp³-hybridized carbons (Fsp3) is 0.238. The molecule has 0 spiro atoms. The number of methoxy groups -OCH3 is 1. The number of H-pyrrole nitrogens is 1. The van der Waals surface area contributed by atoms with Gasteiger partial charge in [-0.25, -0.2) is 4.39 Å². The number of hydrogen-bond donors (Lipinski definition) is 3. The van der Waals surface area contributed by atoms with E-state index in [1.165, 1.54) is 19.2 Å². The smallest absolute Gasteiger partial charge is 0.255 e. The normalized spacial score (nSPS) is 11.9. The number of carbonyl (C=O) groups excluding carboxylic acids is 1. The van der Waals surface area contributed by atoms with E-state index in [2.05, 4.69) is 15.5 Å². The van der Waals surface area contributed by atoms with Crippen molar-refractivity contribution < 1.29 is 19.0 Å². The molecule has 3 N–H and O–H groups in total. The number of aromatic nitrogens is 2. The van der Waals surface area contributed by atoms with Crippen molar-refractivity contribution >= 4 is 29.0 Å². The number of carbonyl (C=O) groups is 1. The van der Waals surface area contributed by atoms with E-state index in [1.807, 2.05) is 0 Å². The molecule has 28 heavy (non-hydrogen) atoms. The Hall–Kier alpha value is -3.19. The first-order chi connectivity index (χ1) is 13.3. The summed E-state index contributed by atoms with van der Waals surface area (Å²) in [5.74, 6) is -0.264. The van der Waals surface area contributed by atoms with Crippen molar-refractivity contribution in [3.8, 4) is 5.75 Å². The van der Waals surface area contributed by atoms with Gasteiger partial charge in [0.1, 0.15) is 11.6 Å². The number of rotatable bonds is 6. The van der Waals surface area contributed by atoms with Gasteiger partial charge in [-0.1, -0.05) is 18.2 Å². The van der Waals surface area contributed by atoms with Crippen LogP contribution in [0.2, 0.25) is 0 Å². The van der Waals surface area contributed by atoms with Gasteiger partial charge < -0.3 is 15.2 Å². The standard InChI is InChI=1S/C21H22FN3O3/c1-21(2,27)12-23-20(26)15-9-11-17-18(19(15)28-3)16(24-25-17)10-6-13-4-7-14(22)8-5-13/h4-11,27H,12H2,1-3H3,(H,23,26)(H,24,25)/b10-6+. The maximum atomic E-state index is 13.1. The highest BCUT2D eigenvalue weighted by Gasteiger charge is 2.21. The highest BCUT2D eigenvalue weighted by Crippen LogP contribution is 2.32. The Kier molecular flexibility index (Phi) is 5.46. The maximum Gasteiger partial charge on any atom is 0.255 e. The van der Waals surface area contributed by atoms with Crippen molar-refractivity contribution in [2.75, 3.05) is 13.7 Å². The number of benzene rings is 2. The van der Waals surface area contributed by atoms with Crippen LogP contribution in [0.5, 0.6) is 5.75 Å². The zero-order valence-corrected chi connectivity index (χ0v) is 15.9. The van der Waals surface area contributed by atoms with Gasteiger partial charge in [-0.2, -0.15) is 5.10 Å². The van der Waals surface area contributed by atoms with Gasteiger partial charge in [0.25, 0.3) is 5.91 Å². The van der Waals surface area contributed by atoms with Crippen molar-refractivity contribution in [3.05, 3.63) is 59.0 Å². The summed E-state index contributed by atoms with van der Waals surface area (Å²) in [5, 5.41) is 20.4. The van der Waals surface area contributed by atoms with Crippen LogP contribution in [0.15, 0.2) is 36.4 Å². The van der Waals surface area contributed by atoms with Crippen molar-refractivity contribution in [3.63, 3.8) is 0 Å². The molecule has 0 atom stereocenters. The monoisotopic (exact) mass is 383 g/mol. The summed E-state index contributed by atoms with van der Waals surface area (Å²) in [4.78, 5) is 12.6. The van der Waals surface area contributed by atoms with E-state index in [9.17, 15) is 14.3 Å². The van der Waals surface area contributed by atoms with E-state index >= 15 is 0 Å². The molecule has 0 saturated heterocycles. The Morgan fingerprint density at radius 1 is 1.25 bits per heavy atom. The third-order valence-electron chi connectivity index (χ3n) is 4.14. The van der Waals surface area contributed by atoms with E-state index in [0.717, 1.165) is 11.1 Å². The van der Waals surface area contributed by atoms with Crippen LogP contribution in [0.3, 0.4) is 0 Å². The summed E-state index contributed by atoms with van der Waals surface area (Å²) in [6, 6.07) is 9.48. The first-order valence-electron chi connectivity index (χ1n) is 8.78. The van der Waals surface area contributed by atoms with Crippen molar-refractivity contribution in [2.24, 2.45) is 0 Å². The molecule has 3 aromatic rings. The molecule has 0 unspecified atom stereocenters. The lowest BCUT2D eigenvalue weighted by Gasteiger charge is -2.18. The zero-order chi connectivity index (χ0) is 20.3. The van der Waals surface area contributed by atoms with Crippen LogP contribution in [0.4, 0.5) is 4.39 Å². The summed E-state index contributed by atoms with van der Waals surface area (Å²) < 4.78 is 18.6. The molecule has 0 bridgehead atoms. The molecule has 0 aliphatic rings. The number of nitrogens with one attached hydrogen (secondary N) is 2. The molecule has 0 fully saturated rings. The van der Waals surface area contributed by atoms with E-state index in [4.69, 9.17) is 4.74 Å². The van der Waals surface area contributed by atoms with Gasteiger partial charge >= 0.3 is 0 Å². The number of nitrogens with zero attached hydrogens (tertiary/aromatic N) is 1. The molecule has 146 valence electrons. The van der Waals surface area contributed by atoms with Gasteiger partial charge in [0, 0.05) is 6.54 Å². The van der Waals surface area contributed by atoms with Crippen LogP contribution in [-0.2, 0) is 0 Å². The molecule has 3 rings (SSSR count). The predicted molar refractivity (Wildman–Crippen MR) is 107 cm³/mol. The minimum atomic E-state index is -1.02. The minimum Gasteiger partial charge on any atom is -0.495 e. The lowest BCUT2D eigenvalue weighted by atomic mass is 10.1. The lowest BCUT2D eigenvalue weighted by molar-refractivity contribution is 0.0693. The molecule has 2 aromatic carbocycles. The molecule has 6 nitrogen and oxygen atoms in total. The summed E-state index contributed by atoms with van der Waals surface area (Å²) in [6.45, 7) is 3.33. The molecular weight excluding hydrogens is 361 g/mol. The second-order valence-corrected chi connectivity index (χ2v) is 7.06. The fourth-order valence-corrected chi connectivity index (χ4v) is 2.76. The molecule has 1 amide bonds. The van der Waals surface area contributed by atoms with Gasteiger partial charge in [-0.05, 0) is 49.8 Å². The molecular formula is C21H22FN3O3. The van der Waals surface area contributed by atoms with E-state index < -0.39 is 5.60 Å². The summed E-state index contributed by atoms with van der Waals surface area (Å²) in [6.07, 6.45) is 3.57. The fourth-order valence-electron chi connectivity index (χ4n) is 2.76. The quantitative estimate of drug-likeness (QED) is 0.609. The molecule has 0 aliphatic heterocycles. The third-order valence-corrected chi connectivity index (χ3v) is 4.14. The minimum absolute atomic E-state index is 0.107. The Morgan fingerprint density at radius 3 is 2.61 bits per heavy atom. The number of ether oxygens (including phenoxy) is 1.